The third kappa shape index (κ3) is 2.74. The maximum Gasteiger partial charge on any atom is 0.256 e. The highest BCUT2D eigenvalue weighted by molar-refractivity contribution is 6.30. The summed E-state index contributed by atoms with van der Waals surface area (Å²) in [7, 11) is 0. The van der Waals surface area contributed by atoms with Crippen LogP contribution in [0.5, 0.6) is 0 Å². The molecule has 2 amide bonds. The van der Waals surface area contributed by atoms with E-state index in [0.717, 1.165) is 0 Å². The minimum Gasteiger partial charge on any atom is -0.321 e. The van der Waals surface area contributed by atoms with Crippen LogP contribution in [-0.2, 0) is 0 Å². The Morgan fingerprint density at radius 3 is 2.48 bits per heavy atom. The van der Waals surface area contributed by atoms with Gasteiger partial charge in [0.05, 0.1) is 22.5 Å². The highest BCUT2D eigenvalue weighted by Crippen LogP contribution is 2.26. The highest BCUT2D eigenvalue weighted by Gasteiger charge is 2.29. The van der Waals surface area contributed by atoms with Gasteiger partial charge in [-0.2, -0.15) is 0 Å². The van der Waals surface area contributed by atoms with Gasteiger partial charge in [-0.3, -0.25) is 14.4 Å². The van der Waals surface area contributed by atoms with Crippen molar-refractivity contribution in [2.45, 2.75) is 0 Å². The number of hydrogen-bond acceptors (Lipinski definition) is 3. The van der Waals surface area contributed by atoms with Gasteiger partial charge in [-0.25, -0.2) is 0 Å². The van der Waals surface area contributed by atoms with Crippen LogP contribution in [0.4, 0.5) is 5.69 Å². The molecule has 0 bridgehead atoms. The molecule has 3 rings (SSSR count). The number of carbonyl (C=O) groups is 3. The second-order valence-electron chi connectivity index (χ2n) is 4.95. The first-order valence-electron chi connectivity index (χ1n) is 6.72. The zero-order valence-corrected chi connectivity index (χ0v) is 12.6. The van der Waals surface area contributed by atoms with Gasteiger partial charge in [0, 0.05) is 10.6 Å². The maximum absolute atomic E-state index is 12.3. The third-order valence-corrected chi connectivity index (χ3v) is 3.68. The van der Waals surface area contributed by atoms with Crippen LogP contribution in [-0.4, -0.2) is 17.6 Å². The Balaban J connectivity index is 1.98. The molecule has 1 heterocycles. The van der Waals surface area contributed by atoms with E-state index in [0.29, 0.717) is 10.6 Å². The molecule has 5 nitrogen and oxygen atoms in total. The summed E-state index contributed by atoms with van der Waals surface area (Å²) in [5, 5.41) is 5.56. The van der Waals surface area contributed by atoms with Crippen LogP contribution >= 0.6 is 11.6 Å². The van der Waals surface area contributed by atoms with E-state index in [9.17, 15) is 14.4 Å². The number of nitrogens with one attached hydrogen (secondary N) is 2. The zero-order valence-electron chi connectivity index (χ0n) is 11.9. The minimum atomic E-state index is -0.424. The van der Waals surface area contributed by atoms with Crippen LogP contribution in [0.1, 0.15) is 31.1 Å². The summed E-state index contributed by atoms with van der Waals surface area (Å²) in [6, 6.07) is 11.0. The van der Waals surface area contributed by atoms with E-state index in [1.807, 2.05) is 0 Å². The van der Waals surface area contributed by atoms with Crippen molar-refractivity contribution >= 4 is 34.9 Å². The van der Waals surface area contributed by atoms with Crippen LogP contribution in [0, 0.1) is 0 Å². The Bertz CT molecular complexity index is 857. The van der Waals surface area contributed by atoms with Gasteiger partial charge in [0.15, 0.2) is 0 Å². The zero-order chi connectivity index (χ0) is 16.6. The number of anilines is 1. The first-order valence-corrected chi connectivity index (χ1v) is 7.10. The summed E-state index contributed by atoms with van der Waals surface area (Å²) < 4.78 is 0. The summed E-state index contributed by atoms with van der Waals surface area (Å²) in [4.78, 5) is 36.5. The minimum absolute atomic E-state index is 0.0179. The monoisotopic (exact) mass is 326 g/mol. The number of halogens is 1. The Morgan fingerprint density at radius 1 is 1.09 bits per heavy atom. The van der Waals surface area contributed by atoms with E-state index >= 15 is 0 Å². The number of fused-ring (bicyclic) bond motifs is 1. The largest absolute Gasteiger partial charge is 0.321 e. The van der Waals surface area contributed by atoms with Gasteiger partial charge in [0.25, 0.3) is 11.8 Å². The van der Waals surface area contributed by atoms with Crippen molar-refractivity contribution in [1.82, 2.24) is 5.32 Å². The van der Waals surface area contributed by atoms with Gasteiger partial charge in [-0.15, -0.1) is 0 Å². The molecule has 0 saturated heterocycles. The lowest BCUT2D eigenvalue weighted by Gasteiger charge is -2.20. The van der Waals surface area contributed by atoms with Crippen LogP contribution in [0.2, 0.25) is 5.02 Å². The van der Waals surface area contributed by atoms with Crippen LogP contribution in [0.15, 0.2) is 54.7 Å². The van der Waals surface area contributed by atoms with E-state index in [1.54, 1.807) is 36.4 Å². The smallest absolute Gasteiger partial charge is 0.256 e. The maximum atomic E-state index is 12.3. The van der Waals surface area contributed by atoms with E-state index in [1.165, 1.54) is 6.07 Å². The van der Waals surface area contributed by atoms with Gasteiger partial charge >= 0.3 is 0 Å². The van der Waals surface area contributed by atoms with Crippen molar-refractivity contribution in [2.75, 3.05) is 5.32 Å². The van der Waals surface area contributed by atoms with Crippen molar-refractivity contribution in [3.8, 4) is 0 Å². The normalized spacial score (nSPS) is 13.3. The van der Waals surface area contributed by atoms with Crippen molar-refractivity contribution < 1.29 is 14.4 Å². The lowest BCUT2D eigenvalue weighted by Crippen LogP contribution is -2.34. The molecule has 2 N–H and O–H groups in total. The van der Waals surface area contributed by atoms with E-state index in [2.05, 4.69) is 17.2 Å². The molecule has 114 valence electrons. The second kappa shape index (κ2) is 5.70. The average Bonchev–Trinajstić information content (AvgIpc) is 2.53. The SMILES string of the molecule is C=C1NC(=O)c2cccc(NC(=O)c3ccc(Cl)cc3)c2C1=O. The summed E-state index contributed by atoms with van der Waals surface area (Å²) in [5.74, 6) is -1.25. The number of allylic oxidation sites excluding steroid dienone is 1. The Labute approximate surface area is 137 Å². The number of hydrogen-bond donors (Lipinski definition) is 2. The highest BCUT2D eigenvalue weighted by atomic mass is 35.5. The molecule has 0 fully saturated rings. The van der Waals surface area contributed by atoms with Crippen molar-refractivity contribution in [3.63, 3.8) is 0 Å². The van der Waals surface area contributed by atoms with E-state index < -0.39 is 17.6 Å². The molecule has 0 unspecified atom stereocenters. The van der Waals surface area contributed by atoms with Crippen LogP contribution in [0.25, 0.3) is 0 Å². The fraction of sp³-hybridized carbons (Fsp3) is 0. The number of amides is 2. The molecule has 0 aliphatic carbocycles. The summed E-state index contributed by atoms with van der Waals surface area (Å²) in [5.41, 5.74) is 0.984. The second-order valence-corrected chi connectivity index (χ2v) is 5.39. The molecule has 2 aromatic carbocycles. The topological polar surface area (TPSA) is 75.3 Å². The molecule has 0 aromatic heterocycles. The molecule has 0 saturated carbocycles. The van der Waals surface area contributed by atoms with Crippen molar-refractivity contribution in [1.29, 1.82) is 0 Å². The van der Waals surface area contributed by atoms with Gasteiger partial charge < -0.3 is 10.6 Å². The molecular formula is C17H11ClN2O3. The van der Waals surface area contributed by atoms with Crippen molar-refractivity contribution in [3.05, 3.63) is 76.5 Å². The lowest BCUT2D eigenvalue weighted by molar-refractivity contribution is 0.0909. The van der Waals surface area contributed by atoms with Gasteiger partial charge in [0.1, 0.15) is 0 Å². The third-order valence-electron chi connectivity index (χ3n) is 3.43. The molecule has 2 aromatic rings. The van der Waals surface area contributed by atoms with Crippen molar-refractivity contribution in [2.24, 2.45) is 0 Å². The molecule has 0 atom stereocenters. The average molecular weight is 327 g/mol. The number of ketones is 1. The Morgan fingerprint density at radius 2 is 1.78 bits per heavy atom. The van der Waals surface area contributed by atoms with E-state index in [4.69, 9.17) is 11.6 Å². The molecule has 6 heteroatoms. The molecular weight excluding hydrogens is 316 g/mol. The lowest BCUT2D eigenvalue weighted by atomic mass is 9.95. The summed E-state index contributed by atoms with van der Waals surface area (Å²) in [6.07, 6.45) is 0. The molecule has 0 spiro atoms. The molecule has 23 heavy (non-hydrogen) atoms. The Hall–Kier alpha value is -2.92. The van der Waals surface area contributed by atoms with Gasteiger partial charge in [0.2, 0.25) is 5.78 Å². The van der Waals surface area contributed by atoms with Crippen LogP contribution in [0.3, 0.4) is 0 Å². The number of benzene rings is 2. The first kappa shape index (κ1) is 15.0. The first-order chi connectivity index (χ1) is 11.0. The standard InChI is InChI=1S/C17H11ClN2O3/c1-9-15(21)14-12(17(23)19-9)3-2-4-13(14)20-16(22)10-5-7-11(18)8-6-10/h2-8H,1H2,(H,19,23)(H,20,22). The predicted octanol–water partition coefficient (Wildman–Crippen LogP) is 3.03. The van der Waals surface area contributed by atoms with E-state index in [-0.39, 0.29) is 22.5 Å². The molecule has 1 aliphatic heterocycles. The summed E-state index contributed by atoms with van der Waals surface area (Å²) in [6.45, 7) is 3.52. The quantitative estimate of drug-likeness (QED) is 0.833. The van der Waals surface area contributed by atoms with Gasteiger partial charge in [-0.1, -0.05) is 24.2 Å². The Kier molecular flexibility index (Phi) is 3.72. The molecule has 0 radical (unpaired) electrons. The van der Waals surface area contributed by atoms with Crippen LogP contribution < -0.4 is 10.6 Å². The fourth-order valence-electron chi connectivity index (χ4n) is 2.30. The number of rotatable bonds is 2. The number of Topliss-reactive ketones (excluding diaryl/α,β-unsaturated/α-hetero) is 1. The molecule has 1 aliphatic rings. The predicted molar refractivity (Wildman–Crippen MR) is 86.8 cm³/mol. The van der Waals surface area contributed by atoms with Gasteiger partial charge in [-0.05, 0) is 36.4 Å². The number of carbonyl (C=O) groups excluding carboxylic acids is 3. The summed E-state index contributed by atoms with van der Waals surface area (Å²) >= 11 is 5.79. The fourth-order valence-corrected chi connectivity index (χ4v) is 2.42.